The normalized spacial score (nSPS) is 15.4. The van der Waals surface area contributed by atoms with Gasteiger partial charge in [0, 0.05) is 18.9 Å². The first-order valence-corrected chi connectivity index (χ1v) is 10.1. The second-order valence-corrected chi connectivity index (χ2v) is 8.54. The number of methoxy groups -OCH3 is 1. The Morgan fingerprint density at radius 3 is 2.33 bits per heavy atom. The molecule has 2 aromatic rings. The molecule has 0 spiro atoms. The van der Waals surface area contributed by atoms with E-state index in [1.165, 1.54) is 12.7 Å². The summed E-state index contributed by atoms with van der Waals surface area (Å²) in [6, 6.07) is 10.9. The fourth-order valence-corrected chi connectivity index (χ4v) is 5.20. The Labute approximate surface area is 173 Å². The minimum absolute atomic E-state index is 0. The topological polar surface area (TPSA) is 59.5 Å². The molecule has 0 radical (unpaired) electrons. The Balaban J connectivity index is 0.00000182. The second-order valence-electron chi connectivity index (χ2n) is 6.34. The van der Waals surface area contributed by atoms with Gasteiger partial charge >= 0.3 is 0 Å². The van der Waals surface area contributed by atoms with E-state index in [1.54, 1.807) is 36.7 Å². The lowest BCUT2D eigenvalue weighted by molar-refractivity contribution is 0.232. The van der Waals surface area contributed by atoms with Crippen LogP contribution in [0.15, 0.2) is 53.7 Å². The van der Waals surface area contributed by atoms with Crippen molar-refractivity contribution in [3.8, 4) is 5.75 Å². The Morgan fingerprint density at radius 1 is 1.07 bits per heavy atom. The lowest BCUT2D eigenvalue weighted by Crippen LogP contribution is -2.40. The van der Waals surface area contributed by atoms with Crippen molar-refractivity contribution in [1.82, 2.24) is 9.88 Å². The SMILES string of the molecule is COc1ccccc1S(=O)(=O)C1CCN(CCc2ccncc2)CC1.Cl.Cl. The molecule has 0 atom stereocenters. The van der Waals surface area contributed by atoms with Crippen molar-refractivity contribution < 1.29 is 13.2 Å². The quantitative estimate of drug-likeness (QED) is 0.699. The zero-order chi connectivity index (χ0) is 17.7. The van der Waals surface area contributed by atoms with Crippen LogP contribution in [0.1, 0.15) is 18.4 Å². The number of hydrogen-bond acceptors (Lipinski definition) is 5. The number of piperidine rings is 1. The zero-order valence-electron chi connectivity index (χ0n) is 15.3. The van der Waals surface area contributed by atoms with Crippen molar-refractivity contribution in [2.24, 2.45) is 0 Å². The van der Waals surface area contributed by atoms with Gasteiger partial charge in [-0.1, -0.05) is 12.1 Å². The van der Waals surface area contributed by atoms with Crippen molar-refractivity contribution in [2.45, 2.75) is 29.4 Å². The molecule has 1 fully saturated rings. The summed E-state index contributed by atoms with van der Waals surface area (Å²) < 4.78 is 31.1. The molecule has 0 aliphatic carbocycles. The van der Waals surface area contributed by atoms with Crippen LogP contribution in [0.5, 0.6) is 5.75 Å². The molecule has 0 bridgehead atoms. The number of aromatic nitrogens is 1. The van der Waals surface area contributed by atoms with Crippen molar-refractivity contribution in [2.75, 3.05) is 26.7 Å². The maximum atomic E-state index is 12.9. The van der Waals surface area contributed by atoms with Gasteiger partial charge < -0.3 is 9.64 Å². The van der Waals surface area contributed by atoms with E-state index in [0.29, 0.717) is 23.5 Å². The van der Waals surface area contributed by atoms with Crippen molar-refractivity contribution in [3.63, 3.8) is 0 Å². The molecule has 2 heterocycles. The van der Waals surface area contributed by atoms with Crippen LogP contribution in [0.25, 0.3) is 0 Å². The predicted octanol–water partition coefficient (Wildman–Crippen LogP) is 3.41. The van der Waals surface area contributed by atoms with Crippen LogP contribution in [-0.4, -0.2) is 50.3 Å². The molecular formula is C19H26Cl2N2O3S. The molecule has 1 aliphatic heterocycles. The van der Waals surface area contributed by atoms with Gasteiger partial charge in [0.05, 0.1) is 12.4 Å². The average molecular weight is 433 g/mol. The maximum Gasteiger partial charge on any atom is 0.184 e. The molecule has 0 saturated carbocycles. The minimum Gasteiger partial charge on any atom is -0.495 e. The van der Waals surface area contributed by atoms with Gasteiger partial charge in [-0.15, -0.1) is 24.8 Å². The minimum atomic E-state index is -3.36. The molecule has 8 heteroatoms. The lowest BCUT2D eigenvalue weighted by atomic mass is 10.1. The van der Waals surface area contributed by atoms with Gasteiger partial charge in [0.2, 0.25) is 0 Å². The smallest absolute Gasteiger partial charge is 0.184 e. The lowest BCUT2D eigenvalue weighted by Gasteiger charge is -2.31. The van der Waals surface area contributed by atoms with E-state index in [-0.39, 0.29) is 30.1 Å². The summed E-state index contributed by atoms with van der Waals surface area (Å²) in [4.78, 5) is 6.68. The summed E-state index contributed by atoms with van der Waals surface area (Å²) in [5.74, 6) is 0.433. The maximum absolute atomic E-state index is 12.9. The molecule has 1 aliphatic rings. The first-order valence-electron chi connectivity index (χ1n) is 8.59. The number of rotatable bonds is 6. The Hall–Kier alpha value is -1.34. The van der Waals surface area contributed by atoms with Crippen molar-refractivity contribution in [3.05, 3.63) is 54.4 Å². The van der Waals surface area contributed by atoms with E-state index in [4.69, 9.17) is 4.74 Å². The van der Waals surface area contributed by atoms with Gasteiger partial charge in [0.15, 0.2) is 9.84 Å². The van der Waals surface area contributed by atoms with E-state index in [2.05, 4.69) is 9.88 Å². The molecule has 0 N–H and O–H groups in total. The van der Waals surface area contributed by atoms with Gasteiger partial charge in [-0.2, -0.15) is 0 Å². The zero-order valence-corrected chi connectivity index (χ0v) is 17.7. The van der Waals surface area contributed by atoms with E-state index in [9.17, 15) is 8.42 Å². The number of benzene rings is 1. The van der Waals surface area contributed by atoms with Crippen molar-refractivity contribution in [1.29, 1.82) is 0 Å². The molecular weight excluding hydrogens is 407 g/mol. The number of sulfone groups is 1. The third-order valence-electron chi connectivity index (χ3n) is 4.82. The monoisotopic (exact) mass is 432 g/mol. The standard InChI is InChI=1S/C19H24N2O3S.2ClH/c1-24-18-4-2-3-5-19(18)25(22,23)17-9-14-21(15-10-17)13-8-16-6-11-20-12-7-16;;/h2-7,11-12,17H,8-10,13-15H2,1H3;2*1H. The largest absolute Gasteiger partial charge is 0.495 e. The van der Waals surface area contributed by atoms with Crippen LogP contribution in [0.2, 0.25) is 0 Å². The van der Waals surface area contributed by atoms with E-state index in [1.807, 2.05) is 12.1 Å². The van der Waals surface area contributed by atoms with Gasteiger partial charge in [-0.05, 0) is 62.2 Å². The van der Waals surface area contributed by atoms with Crippen LogP contribution in [0, 0.1) is 0 Å². The molecule has 27 heavy (non-hydrogen) atoms. The Morgan fingerprint density at radius 2 is 1.70 bits per heavy atom. The molecule has 1 aromatic carbocycles. The third kappa shape index (κ3) is 5.82. The van der Waals surface area contributed by atoms with Crippen LogP contribution in [0.4, 0.5) is 0 Å². The molecule has 0 amide bonds. The number of ether oxygens (including phenoxy) is 1. The number of nitrogens with zero attached hydrogens (tertiary/aromatic N) is 2. The average Bonchev–Trinajstić information content (AvgIpc) is 2.67. The number of pyridine rings is 1. The highest BCUT2D eigenvalue weighted by molar-refractivity contribution is 7.92. The van der Waals surface area contributed by atoms with Crippen LogP contribution in [0.3, 0.4) is 0 Å². The van der Waals surface area contributed by atoms with Crippen LogP contribution < -0.4 is 4.74 Å². The van der Waals surface area contributed by atoms with E-state index >= 15 is 0 Å². The molecule has 5 nitrogen and oxygen atoms in total. The van der Waals surface area contributed by atoms with Gasteiger partial charge in [-0.3, -0.25) is 4.98 Å². The van der Waals surface area contributed by atoms with Gasteiger partial charge in [0.25, 0.3) is 0 Å². The molecule has 150 valence electrons. The number of likely N-dealkylation sites (tertiary alicyclic amines) is 1. The summed E-state index contributed by atoms with van der Waals surface area (Å²) in [6.07, 6.45) is 5.91. The third-order valence-corrected chi connectivity index (χ3v) is 7.11. The molecule has 1 aromatic heterocycles. The molecule has 3 rings (SSSR count). The Bertz CT molecular complexity index is 796. The first kappa shape index (κ1) is 23.7. The number of hydrogen-bond donors (Lipinski definition) is 0. The number of para-hydroxylation sites is 1. The fraction of sp³-hybridized carbons (Fsp3) is 0.421. The molecule has 1 saturated heterocycles. The van der Waals surface area contributed by atoms with Crippen molar-refractivity contribution >= 4 is 34.7 Å². The van der Waals surface area contributed by atoms with Gasteiger partial charge in [0.1, 0.15) is 10.6 Å². The summed E-state index contributed by atoms with van der Waals surface area (Å²) in [5.41, 5.74) is 1.26. The van der Waals surface area contributed by atoms with E-state index in [0.717, 1.165) is 26.1 Å². The van der Waals surface area contributed by atoms with Gasteiger partial charge in [-0.25, -0.2) is 8.42 Å². The first-order chi connectivity index (χ1) is 12.1. The highest BCUT2D eigenvalue weighted by atomic mass is 35.5. The summed E-state index contributed by atoms with van der Waals surface area (Å²) in [7, 11) is -1.85. The fourth-order valence-electron chi connectivity index (χ4n) is 3.31. The Kier molecular flexibility index (Phi) is 9.53. The summed E-state index contributed by atoms with van der Waals surface area (Å²) in [5, 5.41) is -0.332. The molecule has 0 unspecified atom stereocenters. The summed E-state index contributed by atoms with van der Waals surface area (Å²) in [6.45, 7) is 2.57. The predicted molar refractivity (Wildman–Crippen MR) is 112 cm³/mol. The van der Waals surface area contributed by atoms with E-state index < -0.39 is 9.84 Å². The van der Waals surface area contributed by atoms with Crippen LogP contribution >= 0.6 is 24.8 Å². The highest BCUT2D eigenvalue weighted by Gasteiger charge is 2.32. The second kappa shape index (κ2) is 10.9. The highest BCUT2D eigenvalue weighted by Crippen LogP contribution is 2.30. The number of halogens is 2. The summed E-state index contributed by atoms with van der Waals surface area (Å²) >= 11 is 0. The van der Waals surface area contributed by atoms with Crippen LogP contribution in [-0.2, 0) is 16.3 Å².